The molecule has 3 nitrogen and oxygen atoms in total. The quantitative estimate of drug-likeness (QED) is 0.859. The maximum Gasteiger partial charge on any atom is 0.0772 e. The molecule has 0 bridgehead atoms. The van der Waals surface area contributed by atoms with Crippen molar-refractivity contribution in [1.29, 1.82) is 0 Å². The van der Waals surface area contributed by atoms with E-state index in [2.05, 4.69) is 28.9 Å². The highest BCUT2D eigenvalue weighted by Gasteiger charge is 2.26. The summed E-state index contributed by atoms with van der Waals surface area (Å²) in [6.07, 6.45) is 6.88. The average Bonchev–Trinajstić information content (AvgIpc) is 2.68. The summed E-state index contributed by atoms with van der Waals surface area (Å²) in [5.41, 5.74) is 1.10. The van der Waals surface area contributed by atoms with Crippen molar-refractivity contribution >= 4 is 11.5 Å². The average molecular weight is 225 g/mol. The smallest absolute Gasteiger partial charge is 0.0772 e. The molecule has 1 saturated carbocycles. The van der Waals surface area contributed by atoms with E-state index in [1.54, 1.807) is 11.5 Å². The van der Waals surface area contributed by atoms with Gasteiger partial charge in [0.25, 0.3) is 0 Å². The molecule has 0 saturated heterocycles. The van der Waals surface area contributed by atoms with E-state index in [4.69, 9.17) is 0 Å². The monoisotopic (exact) mass is 225 g/mol. The minimum absolute atomic E-state index is 0.477. The van der Waals surface area contributed by atoms with Gasteiger partial charge in [0.2, 0.25) is 0 Å². The fourth-order valence-electron chi connectivity index (χ4n) is 2.57. The third kappa shape index (κ3) is 2.37. The highest BCUT2D eigenvalue weighted by molar-refractivity contribution is 7.05. The molecular weight excluding hydrogens is 206 g/mol. The molecule has 0 radical (unpaired) electrons. The maximum absolute atomic E-state index is 4.11. The second-order valence-corrected chi connectivity index (χ2v) is 5.17. The molecule has 2 rings (SSSR count). The number of hydrogen-bond acceptors (Lipinski definition) is 4. The van der Waals surface area contributed by atoms with Crippen molar-refractivity contribution in [2.45, 2.75) is 45.1 Å². The van der Waals surface area contributed by atoms with Gasteiger partial charge in [-0.2, -0.15) is 0 Å². The Morgan fingerprint density at radius 3 is 2.60 bits per heavy atom. The van der Waals surface area contributed by atoms with Gasteiger partial charge in [-0.1, -0.05) is 23.8 Å². The topological polar surface area (TPSA) is 37.8 Å². The van der Waals surface area contributed by atoms with Crippen LogP contribution in [0.5, 0.6) is 0 Å². The first-order valence-electron chi connectivity index (χ1n) is 5.79. The lowest BCUT2D eigenvalue weighted by Crippen LogP contribution is -2.26. The molecule has 1 aromatic rings. The second-order valence-electron chi connectivity index (χ2n) is 4.39. The standard InChI is InChI=1S/C11H19N3S/c1-8-11(15-14-13-8)10(12-2)9-6-4-3-5-7-9/h9-10,12H,3-7H2,1-2H3. The first-order valence-corrected chi connectivity index (χ1v) is 6.56. The number of aryl methyl sites for hydroxylation is 1. The van der Waals surface area contributed by atoms with Gasteiger partial charge >= 0.3 is 0 Å². The van der Waals surface area contributed by atoms with Crippen molar-refractivity contribution in [3.8, 4) is 0 Å². The van der Waals surface area contributed by atoms with Gasteiger partial charge in [-0.15, -0.1) is 5.10 Å². The highest BCUT2D eigenvalue weighted by atomic mass is 32.1. The van der Waals surface area contributed by atoms with Crippen LogP contribution in [0.1, 0.15) is 48.7 Å². The lowest BCUT2D eigenvalue weighted by Gasteiger charge is -2.29. The first kappa shape index (κ1) is 11.0. The van der Waals surface area contributed by atoms with Gasteiger partial charge in [0.15, 0.2) is 0 Å². The number of aromatic nitrogens is 2. The van der Waals surface area contributed by atoms with Gasteiger partial charge in [0.05, 0.1) is 10.6 Å². The van der Waals surface area contributed by atoms with Gasteiger partial charge < -0.3 is 5.32 Å². The van der Waals surface area contributed by atoms with E-state index in [1.165, 1.54) is 37.0 Å². The van der Waals surface area contributed by atoms with E-state index in [0.717, 1.165) is 11.6 Å². The molecule has 0 aliphatic heterocycles. The molecule has 1 aliphatic rings. The molecule has 4 heteroatoms. The Hall–Kier alpha value is -0.480. The Kier molecular flexibility index (Phi) is 3.70. The van der Waals surface area contributed by atoms with Crippen molar-refractivity contribution in [3.63, 3.8) is 0 Å². The number of nitrogens with one attached hydrogen (secondary N) is 1. The molecule has 84 valence electrons. The van der Waals surface area contributed by atoms with Crippen LogP contribution in [0.3, 0.4) is 0 Å². The van der Waals surface area contributed by atoms with Gasteiger partial charge in [0, 0.05) is 6.04 Å². The Morgan fingerprint density at radius 1 is 1.33 bits per heavy atom. The Morgan fingerprint density at radius 2 is 2.07 bits per heavy atom. The third-order valence-corrected chi connectivity index (χ3v) is 4.31. The Balaban J connectivity index is 2.12. The van der Waals surface area contributed by atoms with Gasteiger partial charge in [0.1, 0.15) is 0 Å². The molecule has 1 unspecified atom stereocenters. The molecule has 1 atom stereocenters. The van der Waals surface area contributed by atoms with Crippen LogP contribution in [0.15, 0.2) is 0 Å². The zero-order chi connectivity index (χ0) is 10.7. The third-order valence-electron chi connectivity index (χ3n) is 3.40. The van der Waals surface area contributed by atoms with E-state index in [-0.39, 0.29) is 0 Å². The summed E-state index contributed by atoms with van der Waals surface area (Å²) in [5.74, 6) is 0.782. The van der Waals surface area contributed by atoms with Crippen LogP contribution in [0.4, 0.5) is 0 Å². The van der Waals surface area contributed by atoms with Crippen LogP contribution in [0.2, 0.25) is 0 Å². The van der Waals surface area contributed by atoms with Crippen LogP contribution in [0, 0.1) is 12.8 Å². The van der Waals surface area contributed by atoms with Crippen molar-refractivity contribution in [2.24, 2.45) is 5.92 Å². The van der Waals surface area contributed by atoms with Crippen LogP contribution in [0.25, 0.3) is 0 Å². The van der Waals surface area contributed by atoms with Gasteiger partial charge in [-0.05, 0) is 44.3 Å². The Bertz CT molecular complexity index is 305. The molecule has 1 aromatic heterocycles. The van der Waals surface area contributed by atoms with E-state index in [9.17, 15) is 0 Å². The largest absolute Gasteiger partial charge is 0.312 e. The van der Waals surface area contributed by atoms with Crippen molar-refractivity contribution in [2.75, 3.05) is 7.05 Å². The summed E-state index contributed by atoms with van der Waals surface area (Å²) < 4.78 is 4.04. The molecule has 0 aromatic carbocycles. The first-order chi connectivity index (χ1) is 7.33. The minimum Gasteiger partial charge on any atom is -0.312 e. The van der Waals surface area contributed by atoms with Crippen molar-refractivity contribution in [1.82, 2.24) is 14.9 Å². The predicted molar refractivity (Wildman–Crippen MR) is 63.0 cm³/mol. The minimum atomic E-state index is 0.477. The lowest BCUT2D eigenvalue weighted by molar-refractivity contribution is 0.283. The number of nitrogens with zero attached hydrogens (tertiary/aromatic N) is 2. The molecule has 1 fully saturated rings. The van der Waals surface area contributed by atoms with E-state index >= 15 is 0 Å². The van der Waals surface area contributed by atoms with E-state index in [0.29, 0.717) is 6.04 Å². The fraction of sp³-hybridized carbons (Fsp3) is 0.818. The zero-order valence-corrected chi connectivity index (χ0v) is 10.3. The number of rotatable bonds is 3. The molecular formula is C11H19N3S. The summed E-state index contributed by atoms with van der Waals surface area (Å²) in [4.78, 5) is 1.34. The molecule has 1 aliphatic carbocycles. The normalized spacial score (nSPS) is 20.4. The maximum atomic E-state index is 4.11. The van der Waals surface area contributed by atoms with Crippen LogP contribution in [-0.4, -0.2) is 16.6 Å². The van der Waals surface area contributed by atoms with Crippen LogP contribution in [-0.2, 0) is 0 Å². The van der Waals surface area contributed by atoms with E-state index in [1.807, 2.05) is 0 Å². The molecule has 15 heavy (non-hydrogen) atoms. The second kappa shape index (κ2) is 5.03. The van der Waals surface area contributed by atoms with Crippen molar-refractivity contribution in [3.05, 3.63) is 10.6 Å². The zero-order valence-electron chi connectivity index (χ0n) is 9.49. The predicted octanol–water partition coefficient (Wildman–Crippen LogP) is 2.69. The molecule has 1 N–H and O–H groups in total. The van der Waals surface area contributed by atoms with Gasteiger partial charge in [-0.3, -0.25) is 0 Å². The fourth-order valence-corrected chi connectivity index (χ4v) is 3.42. The molecule has 0 amide bonds. The highest BCUT2D eigenvalue weighted by Crippen LogP contribution is 2.36. The van der Waals surface area contributed by atoms with Crippen LogP contribution >= 0.6 is 11.5 Å². The molecule has 1 heterocycles. The summed E-state index contributed by atoms with van der Waals surface area (Å²) in [6.45, 7) is 2.06. The van der Waals surface area contributed by atoms with Crippen LogP contribution < -0.4 is 5.32 Å². The Labute approximate surface area is 95.4 Å². The summed E-state index contributed by atoms with van der Waals surface area (Å²) in [5, 5.41) is 7.55. The summed E-state index contributed by atoms with van der Waals surface area (Å²) in [6, 6.07) is 0.477. The number of hydrogen-bond donors (Lipinski definition) is 1. The van der Waals surface area contributed by atoms with Gasteiger partial charge in [-0.25, -0.2) is 0 Å². The van der Waals surface area contributed by atoms with E-state index < -0.39 is 0 Å². The van der Waals surface area contributed by atoms with Crippen molar-refractivity contribution < 1.29 is 0 Å². The SMILES string of the molecule is CNC(c1snnc1C)C1CCCCC1. The molecule has 0 spiro atoms. The summed E-state index contributed by atoms with van der Waals surface area (Å²) >= 11 is 1.55. The lowest BCUT2D eigenvalue weighted by atomic mass is 9.83. The summed E-state index contributed by atoms with van der Waals surface area (Å²) in [7, 11) is 2.05.